The van der Waals surface area contributed by atoms with Gasteiger partial charge in [-0.2, -0.15) is 0 Å². The maximum Gasteiger partial charge on any atom is 0.0952 e. The Hall–Kier alpha value is -0.870. The quantitative estimate of drug-likeness (QED) is 0.801. The van der Waals surface area contributed by atoms with Crippen molar-refractivity contribution in [2.45, 2.75) is 44.9 Å². The molecule has 1 fully saturated rings. The number of imidazole rings is 1. The molecular weight excluding hydrogens is 190 g/mol. The third-order valence-electron chi connectivity index (χ3n) is 3.02. The van der Waals surface area contributed by atoms with Crippen molar-refractivity contribution in [1.29, 1.82) is 0 Å². The van der Waals surface area contributed by atoms with Gasteiger partial charge in [0.05, 0.1) is 29.7 Å². The van der Waals surface area contributed by atoms with Crippen molar-refractivity contribution in [3.63, 3.8) is 0 Å². The number of nitrogens with two attached hydrogens (primary N) is 1. The van der Waals surface area contributed by atoms with Crippen molar-refractivity contribution in [3.8, 4) is 0 Å². The van der Waals surface area contributed by atoms with E-state index in [-0.39, 0.29) is 11.6 Å². The molecule has 15 heavy (non-hydrogen) atoms. The second-order valence-electron chi connectivity index (χ2n) is 4.84. The van der Waals surface area contributed by atoms with E-state index in [0.717, 1.165) is 18.7 Å². The van der Waals surface area contributed by atoms with E-state index in [4.69, 9.17) is 10.5 Å². The first-order valence-electron chi connectivity index (χ1n) is 5.43. The Labute approximate surface area is 90.4 Å². The van der Waals surface area contributed by atoms with E-state index in [0.29, 0.717) is 6.04 Å². The largest absolute Gasteiger partial charge is 0.376 e. The van der Waals surface area contributed by atoms with Crippen LogP contribution in [0.2, 0.25) is 0 Å². The number of hydrogen-bond acceptors (Lipinski definition) is 3. The van der Waals surface area contributed by atoms with Gasteiger partial charge >= 0.3 is 0 Å². The zero-order valence-corrected chi connectivity index (χ0v) is 9.60. The molecule has 2 atom stereocenters. The van der Waals surface area contributed by atoms with Gasteiger partial charge in [-0.05, 0) is 27.2 Å². The highest BCUT2D eigenvalue weighted by atomic mass is 16.5. The summed E-state index contributed by atoms with van der Waals surface area (Å²) in [5.41, 5.74) is 6.84. The van der Waals surface area contributed by atoms with Gasteiger partial charge < -0.3 is 15.0 Å². The average molecular weight is 209 g/mol. The van der Waals surface area contributed by atoms with Gasteiger partial charge in [0, 0.05) is 12.8 Å². The minimum Gasteiger partial charge on any atom is -0.376 e. The number of nitrogens with zero attached hydrogens (tertiary/aromatic N) is 2. The Kier molecular flexibility index (Phi) is 2.56. The molecule has 0 aliphatic carbocycles. The maximum absolute atomic E-state index is 6.11. The zero-order chi connectivity index (χ0) is 11.1. The van der Waals surface area contributed by atoms with E-state index in [2.05, 4.69) is 16.5 Å². The van der Waals surface area contributed by atoms with E-state index in [9.17, 15) is 0 Å². The van der Waals surface area contributed by atoms with Crippen LogP contribution >= 0.6 is 0 Å². The molecule has 0 bridgehead atoms. The molecule has 0 spiro atoms. The number of ether oxygens (including phenoxy) is 1. The summed E-state index contributed by atoms with van der Waals surface area (Å²) in [5.74, 6) is 0. The SMILES string of the molecule is CC1OCCC1n1cncc1C(C)(C)N. The average Bonchev–Trinajstić information content (AvgIpc) is 2.69. The Balaban J connectivity index is 2.32. The van der Waals surface area contributed by atoms with Crippen LogP contribution in [0.4, 0.5) is 0 Å². The summed E-state index contributed by atoms with van der Waals surface area (Å²) in [6.45, 7) is 6.93. The van der Waals surface area contributed by atoms with Crippen LogP contribution in [0.3, 0.4) is 0 Å². The highest BCUT2D eigenvalue weighted by Crippen LogP contribution is 2.29. The summed E-state index contributed by atoms with van der Waals surface area (Å²) in [6.07, 6.45) is 5.01. The molecule has 1 saturated heterocycles. The minimum absolute atomic E-state index is 0.250. The van der Waals surface area contributed by atoms with Gasteiger partial charge in [0.25, 0.3) is 0 Å². The molecule has 2 unspecified atom stereocenters. The van der Waals surface area contributed by atoms with Crippen molar-refractivity contribution >= 4 is 0 Å². The van der Waals surface area contributed by atoms with Crippen LogP contribution < -0.4 is 5.73 Å². The topological polar surface area (TPSA) is 53.1 Å². The van der Waals surface area contributed by atoms with Crippen LogP contribution in [0, 0.1) is 0 Å². The third kappa shape index (κ3) is 1.92. The van der Waals surface area contributed by atoms with Gasteiger partial charge in [0.2, 0.25) is 0 Å². The summed E-state index contributed by atoms with van der Waals surface area (Å²) >= 11 is 0. The van der Waals surface area contributed by atoms with Gasteiger partial charge in [-0.1, -0.05) is 0 Å². The van der Waals surface area contributed by atoms with Crippen LogP contribution in [0.15, 0.2) is 12.5 Å². The first kappa shape index (κ1) is 10.6. The highest BCUT2D eigenvalue weighted by Gasteiger charge is 2.30. The molecule has 0 saturated carbocycles. The Morgan fingerprint density at radius 2 is 2.33 bits per heavy atom. The van der Waals surface area contributed by atoms with Crippen LogP contribution in [0.5, 0.6) is 0 Å². The first-order valence-corrected chi connectivity index (χ1v) is 5.43. The third-order valence-corrected chi connectivity index (χ3v) is 3.02. The van der Waals surface area contributed by atoms with E-state index in [1.807, 2.05) is 26.4 Å². The molecule has 84 valence electrons. The van der Waals surface area contributed by atoms with Crippen LogP contribution in [-0.4, -0.2) is 22.3 Å². The molecule has 1 aliphatic rings. The summed E-state index contributed by atoms with van der Waals surface area (Å²) in [4.78, 5) is 4.20. The van der Waals surface area contributed by atoms with Crippen LogP contribution in [-0.2, 0) is 10.3 Å². The summed E-state index contributed by atoms with van der Waals surface area (Å²) < 4.78 is 7.73. The van der Waals surface area contributed by atoms with Gasteiger partial charge in [-0.25, -0.2) is 4.98 Å². The van der Waals surface area contributed by atoms with E-state index >= 15 is 0 Å². The molecule has 0 aromatic carbocycles. The molecule has 1 aliphatic heterocycles. The molecular formula is C11H19N3O. The van der Waals surface area contributed by atoms with E-state index in [1.165, 1.54) is 0 Å². The van der Waals surface area contributed by atoms with E-state index < -0.39 is 0 Å². The summed E-state index contributed by atoms with van der Waals surface area (Å²) in [7, 11) is 0. The highest BCUT2D eigenvalue weighted by molar-refractivity contribution is 5.12. The number of aromatic nitrogens is 2. The van der Waals surface area contributed by atoms with Crippen LogP contribution in [0.1, 0.15) is 38.9 Å². The standard InChI is InChI=1S/C11H19N3O/c1-8-9(4-5-15-8)14-7-13-6-10(14)11(2,3)12/h6-9H,4-5,12H2,1-3H3. The number of hydrogen-bond donors (Lipinski definition) is 1. The Morgan fingerprint density at radius 3 is 2.87 bits per heavy atom. The lowest BCUT2D eigenvalue weighted by Gasteiger charge is -2.25. The number of rotatable bonds is 2. The lowest BCUT2D eigenvalue weighted by Crippen LogP contribution is -2.33. The molecule has 4 nitrogen and oxygen atoms in total. The lowest BCUT2D eigenvalue weighted by molar-refractivity contribution is 0.106. The second-order valence-corrected chi connectivity index (χ2v) is 4.84. The summed E-state index contributed by atoms with van der Waals surface area (Å²) in [6, 6.07) is 0.380. The van der Waals surface area contributed by atoms with Crippen molar-refractivity contribution < 1.29 is 4.74 Å². The van der Waals surface area contributed by atoms with Crippen molar-refractivity contribution in [2.24, 2.45) is 5.73 Å². The Morgan fingerprint density at radius 1 is 1.60 bits per heavy atom. The fourth-order valence-corrected chi connectivity index (χ4v) is 2.15. The Bertz CT molecular complexity index is 340. The predicted molar refractivity (Wildman–Crippen MR) is 58.5 cm³/mol. The van der Waals surface area contributed by atoms with Gasteiger partial charge in [-0.15, -0.1) is 0 Å². The molecule has 1 aromatic heterocycles. The fraction of sp³-hybridized carbons (Fsp3) is 0.727. The normalized spacial score (nSPS) is 27.2. The van der Waals surface area contributed by atoms with Gasteiger partial charge in [0.15, 0.2) is 0 Å². The van der Waals surface area contributed by atoms with E-state index in [1.54, 1.807) is 0 Å². The molecule has 0 amide bonds. The van der Waals surface area contributed by atoms with Gasteiger partial charge in [-0.3, -0.25) is 0 Å². The molecule has 1 aromatic rings. The van der Waals surface area contributed by atoms with Crippen molar-refractivity contribution in [3.05, 3.63) is 18.2 Å². The summed E-state index contributed by atoms with van der Waals surface area (Å²) in [5, 5.41) is 0. The fourth-order valence-electron chi connectivity index (χ4n) is 2.15. The monoisotopic (exact) mass is 209 g/mol. The van der Waals surface area contributed by atoms with Gasteiger partial charge in [0.1, 0.15) is 0 Å². The molecule has 2 N–H and O–H groups in total. The second kappa shape index (κ2) is 3.61. The molecule has 2 rings (SSSR count). The minimum atomic E-state index is -0.348. The lowest BCUT2D eigenvalue weighted by atomic mass is 10.0. The van der Waals surface area contributed by atoms with Crippen molar-refractivity contribution in [1.82, 2.24) is 9.55 Å². The predicted octanol–water partition coefficient (Wildman–Crippen LogP) is 1.43. The van der Waals surface area contributed by atoms with Crippen molar-refractivity contribution in [2.75, 3.05) is 6.61 Å². The zero-order valence-electron chi connectivity index (χ0n) is 9.60. The maximum atomic E-state index is 6.11. The molecule has 4 heteroatoms. The first-order chi connectivity index (χ1) is 7.00. The smallest absolute Gasteiger partial charge is 0.0952 e. The van der Waals surface area contributed by atoms with Crippen LogP contribution in [0.25, 0.3) is 0 Å². The molecule has 0 radical (unpaired) electrons. The molecule has 2 heterocycles.